The van der Waals surface area contributed by atoms with E-state index < -0.39 is 17.4 Å². The molecule has 0 bridgehead atoms. The zero-order valence-corrected chi connectivity index (χ0v) is 20.0. The zero-order chi connectivity index (χ0) is 24.4. The Morgan fingerprint density at radius 2 is 2.18 bits per heavy atom. The van der Waals surface area contributed by atoms with Crippen LogP contribution < -0.4 is 10.6 Å². The van der Waals surface area contributed by atoms with Gasteiger partial charge in [-0.05, 0) is 69.6 Å². The highest BCUT2D eigenvalue weighted by atomic mass is 16.5. The number of rotatable bonds is 14. The molecule has 1 atom stereocenters. The number of aryl methyl sites for hydroxylation is 2. The Labute approximate surface area is 201 Å². The van der Waals surface area contributed by atoms with Gasteiger partial charge >= 0.3 is 5.97 Å². The Morgan fingerprint density at radius 3 is 2.91 bits per heavy atom. The Kier molecular flexibility index (Phi) is 9.39. The highest BCUT2D eigenvalue weighted by Crippen LogP contribution is 2.47. The molecule has 1 amide bonds. The molecule has 1 saturated carbocycles. The van der Waals surface area contributed by atoms with E-state index in [2.05, 4.69) is 34.3 Å². The van der Waals surface area contributed by atoms with Crippen molar-refractivity contribution in [2.75, 3.05) is 25.1 Å². The Morgan fingerprint density at radius 1 is 1.35 bits per heavy atom. The number of fused-ring (bicyclic) bond motifs is 1. The maximum Gasteiger partial charge on any atom is 0.326 e. The second kappa shape index (κ2) is 12.5. The maximum absolute atomic E-state index is 12.8. The lowest BCUT2D eigenvalue weighted by molar-refractivity contribution is -0.142. The molecule has 8 nitrogen and oxygen atoms in total. The first kappa shape index (κ1) is 25.6. The molecule has 184 valence electrons. The van der Waals surface area contributed by atoms with Gasteiger partial charge < -0.3 is 20.5 Å². The predicted octanol–water partition coefficient (Wildman–Crippen LogP) is 3.68. The number of hydrogen-bond acceptors (Lipinski definition) is 6. The number of nitrogens with one attached hydrogen (secondary N) is 2. The molecule has 1 unspecified atom stereocenters. The molecule has 8 heteroatoms. The van der Waals surface area contributed by atoms with E-state index in [1.54, 1.807) is 25.3 Å². The fraction of sp³-hybridized carbons (Fsp3) is 0.538. The maximum atomic E-state index is 12.8. The minimum absolute atomic E-state index is 0.224. The highest BCUT2D eigenvalue weighted by molar-refractivity contribution is 6.11. The zero-order valence-electron chi connectivity index (χ0n) is 20.0. The molecule has 2 aliphatic rings. The number of aromatic nitrogens is 1. The van der Waals surface area contributed by atoms with Crippen LogP contribution in [0.4, 0.5) is 5.82 Å². The normalized spacial score (nSPS) is 17.5. The van der Waals surface area contributed by atoms with E-state index in [9.17, 15) is 14.7 Å². The third kappa shape index (κ3) is 7.00. The number of nitrogens with zero attached hydrogens (tertiary/aromatic N) is 2. The van der Waals surface area contributed by atoms with E-state index in [0.29, 0.717) is 25.2 Å². The quantitative estimate of drug-likeness (QED) is 0.218. The van der Waals surface area contributed by atoms with Crippen molar-refractivity contribution in [1.82, 2.24) is 10.3 Å². The van der Waals surface area contributed by atoms with Gasteiger partial charge in [0.15, 0.2) is 0 Å². The Bertz CT molecular complexity index is 937. The molecule has 3 rings (SSSR count). The van der Waals surface area contributed by atoms with Crippen LogP contribution in [-0.4, -0.2) is 53.5 Å². The fourth-order valence-electron chi connectivity index (χ4n) is 4.09. The predicted molar refractivity (Wildman–Crippen MR) is 133 cm³/mol. The number of aliphatic imine (C=N–C) groups is 1. The first-order chi connectivity index (χ1) is 16.5. The lowest BCUT2D eigenvalue weighted by atomic mass is 9.99. The van der Waals surface area contributed by atoms with E-state index in [0.717, 1.165) is 50.2 Å². The lowest BCUT2D eigenvalue weighted by Crippen LogP contribution is -2.46. The van der Waals surface area contributed by atoms with Crippen molar-refractivity contribution >= 4 is 23.4 Å². The molecule has 1 aliphatic carbocycles. The summed E-state index contributed by atoms with van der Waals surface area (Å²) < 4.78 is 5.65. The summed E-state index contributed by atoms with van der Waals surface area (Å²) in [6.45, 7) is 7.20. The molecule has 0 radical (unpaired) electrons. The highest BCUT2D eigenvalue weighted by Gasteiger charge is 2.53. The number of unbranched alkanes of at least 4 members (excludes halogenated alkanes) is 1. The number of hydrogen-bond donors (Lipinski definition) is 3. The van der Waals surface area contributed by atoms with Crippen LogP contribution in [0.3, 0.4) is 0 Å². The van der Waals surface area contributed by atoms with E-state index in [4.69, 9.17) is 9.72 Å². The van der Waals surface area contributed by atoms with Crippen LogP contribution in [0.2, 0.25) is 0 Å². The molecular weight excluding hydrogens is 432 g/mol. The van der Waals surface area contributed by atoms with Crippen molar-refractivity contribution in [3.8, 4) is 0 Å². The molecule has 1 aromatic rings. The van der Waals surface area contributed by atoms with E-state index >= 15 is 0 Å². The number of carboxylic acid groups (broad SMARTS) is 1. The third-order valence-electron chi connectivity index (χ3n) is 6.45. The molecule has 0 spiro atoms. The number of carbonyl (C=O) groups is 2. The van der Waals surface area contributed by atoms with Gasteiger partial charge in [0.1, 0.15) is 11.9 Å². The van der Waals surface area contributed by atoms with Crippen molar-refractivity contribution < 1.29 is 19.4 Å². The van der Waals surface area contributed by atoms with Gasteiger partial charge in [-0.2, -0.15) is 0 Å². The number of anilines is 1. The second-order valence-electron chi connectivity index (χ2n) is 8.94. The molecular formula is C26H36N4O4. The van der Waals surface area contributed by atoms with E-state index in [1.807, 2.05) is 0 Å². The van der Waals surface area contributed by atoms with Crippen LogP contribution in [0.25, 0.3) is 0 Å². The third-order valence-corrected chi connectivity index (χ3v) is 6.45. The van der Waals surface area contributed by atoms with Crippen molar-refractivity contribution in [2.45, 2.75) is 64.3 Å². The summed E-state index contributed by atoms with van der Waals surface area (Å²) in [6.07, 6.45) is 11.4. The van der Waals surface area contributed by atoms with Gasteiger partial charge in [0.2, 0.25) is 5.91 Å². The number of allylic oxidation sites excluding steroid dienone is 2. The summed E-state index contributed by atoms with van der Waals surface area (Å²) in [5, 5.41) is 15.6. The number of carbonyl (C=O) groups excluding carboxylic acids is 1. The van der Waals surface area contributed by atoms with Gasteiger partial charge in [-0.15, -0.1) is 0 Å². The smallest absolute Gasteiger partial charge is 0.326 e. The topological polar surface area (TPSA) is 113 Å². The van der Waals surface area contributed by atoms with Crippen molar-refractivity contribution in [2.24, 2.45) is 10.4 Å². The van der Waals surface area contributed by atoms with Gasteiger partial charge in [-0.1, -0.05) is 18.7 Å². The van der Waals surface area contributed by atoms with Crippen molar-refractivity contribution in [3.05, 3.63) is 48.3 Å². The van der Waals surface area contributed by atoms with Crippen LogP contribution >= 0.6 is 0 Å². The Balaban J connectivity index is 1.35. The summed E-state index contributed by atoms with van der Waals surface area (Å²) >= 11 is 0. The van der Waals surface area contributed by atoms with Crippen molar-refractivity contribution in [1.29, 1.82) is 0 Å². The van der Waals surface area contributed by atoms with Crippen molar-refractivity contribution in [3.63, 3.8) is 0 Å². The minimum atomic E-state index is -1.05. The van der Waals surface area contributed by atoms with Gasteiger partial charge in [0.25, 0.3) is 0 Å². The fourth-order valence-corrected chi connectivity index (χ4v) is 4.09. The summed E-state index contributed by atoms with van der Waals surface area (Å²) in [7, 11) is 0. The van der Waals surface area contributed by atoms with Crippen LogP contribution in [0, 0.1) is 5.41 Å². The summed E-state index contributed by atoms with van der Waals surface area (Å²) in [5.41, 5.74) is 2.36. The lowest BCUT2D eigenvalue weighted by Gasteiger charge is -2.19. The SMILES string of the molecule is C=C/C=C\N=C(C)C1(C(=O)NC(CCOCCCCc2ccc3c(n2)NCCC3)C(=O)O)CC1. The molecule has 34 heavy (non-hydrogen) atoms. The second-order valence-corrected chi connectivity index (χ2v) is 8.94. The number of ether oxygens (including phenoxy) is 1. The van der Waals surface area contributed by atoms with E-state index in [-0.39, 0.29) is 18.9 Å². The standard InChI is InChI=1S/C26H36N4O4/c1-3-4-15-27-19(2)26(13-14-26)25(33)30-22(24(31)32)12-18-34-17-6-5-9-21-11-10-20-8-7-16-28-23(20)29-21/h3-4,10-11,15,22H,1,5-9,12-14,16-18H2,2H3,(H,28,29)(H,30,33)(H,31,32)/b15-4-,27-19?. The molecule has 2 heterocycles. The molecule has 3 N–H and O–H groups in total. The minimum Gasteiger partial charge on any atom is -0.480 e. The molecule has 1 aromatic heterocycles. The summed E-state index contributed by atoms with van der Waals surface area (Å²) in [6, 6.07) is 3.29. The summed E-state index contributed by atoms with van der Waals surface area (Å²) in [4.78, 5) is 33.4. The first-order valence-corrected chi connectivity index (χ1v) is 12.1. The van der Waals surface area contributed by atoms with Gasteiger partial charge in [0.05, 0.1) is 5.41 Å². The number of aliphatic carboxylic acids is 1. The number of amides is 1. The molecule has 0 saturated heterocycles. The van der Waals surface area contributed by atoms with Crippen LogP contribution in [0.15, 0.2) is 42.1 Å². The molecule has 1 aliphatic heterocycles. The average Bonchev–Trinajstić information content (AvgIpc) is 3.65. The molecule has 1 fully saturated rings. The van der Waals surface area contributed by atoms with Gasteiger partial charge in [-0.3, -0.25) is 9.79 Å². The summed E-state index contributed by atoms with van der Waals surface area (Å²) in [5.74, 6) is -0.314. The average molecular weight is 469 g/mol. The number of carboxylic acids is 1. The van der Waals surface area contributed by atoms with E-state index in [1.165, 1.54) is 5.56 Å². The molecule has 0 aromatic carbocycles. The van der Waals surface area contributed by atoms with Crippen LogP contribution in [0.1, 0.15) is 56.7 Å². The monoisotopic (exact) mass is 468 g/mol. The number of pyridine rings is 1. The van der Waals surface area contributed by atoms with Crippen LogP contribution in [0.5, 0.6) is 0 Å². The largest absolute Gasteiger partial charge is 0.480 e. The van der Waals surface area contributed by atoms with Crippen LogP contribution in [-0.2, 0) is 27.2 Å². The Hall–Kier alpha value is -3.00. The van der Waals surface area contributed by atoms with Gasteiger partial charge in [0, 0.05) is 43.8 Å². The first-order valence-electron chi connectivity index (χ1n) is 12.1. The van der Waals surface area contributed by atoms with Gasteiger partial charge in [-0.25, -0.2) is 9.78 Å².